The SMILES string of the molecule is CCC1C(=O)NCCN1CC(=O)Nc1ccc(N)cc1Cl. The van der Waals surface area contributed by atoms with Gasteiger partial charge in [-0.3, -0.25) is 14.5 Å². The second-order valence-corrected chi connectivity index (χ2v) is 5.38. The van der Waals surface area contributed by atoms with Gasteiger partial charge in [0, 0.05) is 18.8 Å². The van der Waals surface area contributed by atoms with Crippen molar-refractivity contribution in [3.63, 3.8) is 0 Å². The van der Waals surface area contributed by atoms with Crippen molar-refractivity contribution in [1.82, 2.24) is 10.2 Å². The third-order valence-electron chi connectivity index (χ3n) is 3.44. The van der Waals surface area contributed by atoms with Gasteiger partial charge in [-0.1, -0.05) is 18.5 Å². The van der Waals surface area contributed by atoms with Crippen LogP contribution in [0.25, 0.3) is 0 Å². The average Bonchev–Trinajstić information content (AvgIpc) is 2.42. The zero-order chi connectivity index (χ0) is 15.4. The standard InChI is InChI=1S/C14H19ClN4O2/c1-2-12-14(21)17-5-6-19(12)8-13(20)18-11-4-3-9(16)7-10(11)15/h3-4,7,12H,2,5-6,8,16H2,1H3,(H,17,21)(H,18,20). The average molecular weight is 311 g/mol. The topological polar surface area (TPSA) is 87.5 Å². The Morgan fingerprint density at radius 1 is 1.57 bits per heavy atom. The predicted molar refractivity (Wildman–Crippen MR) is 83.2 cm³/mol. The van der Waals surface area contributed by atoms with Crippen LogP contribution in [-0.4, -0.2) is 42.4 Å². The summed E-state index contributed by atoms with van der Waals surface area (Å²) in [6.45, 7) is 3.31. The van der Waals surface area contributed by atoms with Crippen LogP contribution in [0.15, 0.2) is 18.2 Å². The summed E-state index contributed by atoms with van der Waals surface area (Å²) in [5, 5.41) is 5.94. The highest BCUT2D eigenvalue weighted by Crippen LogP contribution is 2.24. The second-order valence-electron chi connectivity index (χ2n) is 4.97. The summed E-state index contributed by atoms with van der Waals surface area (Å²) in [6, 6.07) is 4.66. The molecule has 0 radical (unpaired) electrons. The number of rotatable bonds is 4. The molecule has 1 aliphatic rings. The molecule has 114 valence electrons. The predicted octanol–water partition coefficient (Wildman–Crippen LogP) is 1.07. The number of nitrogens with zero attached hydrogens (tertiary/aromatic N) is 1. The Morgan fingerprint density at radius 2 is 2.33 bits per heavy atom. The van der Waals surface area contributed by atoms with E-state index in [-0.39, 0.29) is 24.4 Å². The molecule has 1 aliphatic heterocycles. The molecule has 0 aromatic heterocycles. The van der Waals surface area contributed by atoms with E-state index in [1.54, 1.807) is 18.2 Å². The van der Waals surface area contributed by atoms with E-state index in [1.807, 2.05) is 11.8 Å². The first-order chi connectivity index (χ1) is 10.0. The van der Waals surface area contributed by atoms with E-state index in [0.717, 1.165) is 0 Å². The lowest BCUT2D eigenvalue weighted by Crippen LogP contribution is -2.56. The molecule has 1 unspecified atom stereocenters. The molecule has 6 nitrogen and oxygen atoms in total. The van der Waals surface area contributed by atoms with E-state index in [2.05, 4.69) is 10.6 Å². The number of amides is 2. The fourth-order valence-electron chi connectivity index (χ4n) is 2.40. The molecule has 1 saturated heterocycles. The van der Waals surface area contributed by atoms with Gasteiger partial charge in [-0.2, -0.15) is 0 Å². The van der Waals surface area contributed by atoms with Crippen LogP contribution in [0.1, 0.15) is 13.3 Å². The number of nitrogens with two attached hydrogens (primary N) is 1. The summed E-state index contributed by atoms with van der Waals surface area (Å²) in [4.78, 5) is 25.7. The normalized spacial score (nSPS) is 19.1. The van der Waals surface area contributed by atoms with E-state index >= 15 is 0 Å². The molecule has 0 aliphatic carbocycles. The number of benzene rings is 1. The molecule has 0 spiro atoms. The maximum Gasteiger partial charge on any atom is 0.238 e. The largest absolute Gasteiger partial charge is 0.399 e. The Kier molecular flexibility index (Phi) is 5.03. The van der Waals surface area contributed by atoms with Gasteiger partial charge in [0.1, 0.15) is 0 Å². The van der Waals surface area contributed by atoms with Crippen LogP contribution in [0.4, 0.5) is 11.4 Å². The van der Waals surface area contributed by atoms with Crippen LogP contribution >= 0.6 is 11.6 Å². The molecule has 0 bridgehead atoms. The van der Waals surface area contributed by atoms with E-state index in [9.17, 15) is 9.59 Å². The van der Waals surface area contributed by atoms with Crippen molar-refractivity contribution in [3.05, 3.63) is 23.2 Å². The number of nitrogen functional groups attached to an aromatic ring is 1. The van der Waals surface area contributed by atoms with Crippen LogP contribution in [-0.2, 0) is 9.59 Å². The van der Waals surface area contributed by atoms with Crippen LogP contribution < -0.4 is 16.4 Å². The highest BCUT2D eigenvalue weighted by atomic mass is 35.5. The summed E-state index contributed by atoms with van der Waals surface area (Å²) in [7, 11) is 0. The van der Waals surface area contributed by atoms with Gasteiger partial charge < -0.3 is 16.4 Å². The molecule has 1 heterocycles. The van der Waals surface area contributed by atoms with Crippen LogP contribution in [0.5, 0.6) is 0 Å². The molecular weight excluding hydrogens is 292 g/mol. The summed E-state index contributed by atoms with van der Waals surface area (Å²) >= 11 is 6.02. The first-order valence-electron chi connectivity index (χ1n) is 6.88. The number of carbonyl (C=O) groups is 2. The van der Waals surface area contributed by atoms with Gasteiger partial charge in [0.25, 0.3) is 0 Å². The monoisotopic (exact) mass is 310 g/mol. The van der Waals surface area contributed by atoms with Crippen molar-refractivity contribution >= 4 is 34.8 Å². The molecule has 1 fully saturated rings. The lowest BCUT2D eigenvalue weighted by molar-refractivity contribution is -0.130. The molecule has 21 heavy (non-hydrogen) atoms. The van der Waals surface area contributed by atoms with Crippen molar-refractivity contribution in [2.45, 2.75) is 19.4 Å². The Balaban J connectivity index is 1.99. The highest BCUT2D eigenvalue weighted by molar-refractivity contribution is 6.34. The van der Waals surface area contributed by atoms with Gasteiger partial charge in [-0.05, 0) is 24.6 Å². The zero-order valence-corrected chi connectivity index (χ0v) is 12.6. The first-order valence-corrected chi connectivity index (χ1v) is 7.25. The smallest absolute Gasteiger partial charge is 0.238 e. The van der Waals surface area contributed by atoms with Crippen LogP contribution in [0, 0.1) is 0 Å². The van der Waals surface area contributed by atoms with Crippen molar-refractivity contribution in [2.24, 2.45) is 0 Å². The Labute approximate surface area is 128 Å². The minimum absolute atomic E-state index is 0.0259. The number of hydrogen-bond donors (Lipinski definition) is 3. The molecule has 1 aromatic rings. The number of anilines is 2. The molecule has 0 saturated carbocycles. The maximum atomic E-state index is 12.1. The second kappa shape index (κ2) is 6.78. The first kappa shape index (κ1) is 15.6. The minimum atomic E-state index is -0.258. The Bertz CT molecular complexity index is 550. The van der Waals surface area contributed by atoms with Gasteiger partial charge in [-0.15, -0.1) is 0 Å². The lowest BCUT2D eigenvalue weighted by Gasteiger charge is -2.33. The van der Waals surface area contributed by atoms with Crippen molar-refractivity contribution in [3.8, 4) is 0 Å². The van der Waals surface area contributed by atoms with Gasteiger partial charge >= 0.3 is 0 Å². The van der Waals surface area contributed by atoms with Gasteiger partial charge in [0.2, 0.25) is 11.8 Å². The molecule has 2 amide bonds. The molecule has 1 atom stereocenters. The van der Waals surface area contributed by atoms with Gasteiger partial charge in [-0.25, -0.2) is 0 Å². The van der Waals surface area contributed by atoms with Gasteiger partial charge in [0.05, 0.1) is 23.3 Å². The van der Waals surface area contributed by atoms with Gasteiger partial charge in [0.15, 0.2) is 0 Å². The number of piperazine rings is 1. The number of nitrogens with one attached hydrogen (secondary N) is 2. The summed E-state index contributed by atoms with van der Waals surface area (Å²) in [5.74, 6) is -0.225. The van der Waals surface area contributed by atoms with Crippen LogP contribution in [0.2, 0.25) is 5.02 Å². The maximum absolute atomic E-state index is 12.1. The summed E-state index contributed by atoms with van der Waals surface area (Å²) < 4.78 is 0. The molecule has 1 aromatic carbocycles. The fraction of sp³-hybridized carbons (Fsp3) is 0.429. The summed E-state index contributed by atoms with van der Waals surface area (Å²) in [6.07, 6.45) is 0.668. The molecular formula is C14H19ClN4O2. The molecule has 4 N–H and O–H groups in total. The highest BCUT2D eigenvalue weighted by Gasteiger charge is 2.29. The Morgan fingerprint density at radius 3 is 3.00 bits per heavy atom. The number of halogens is 1. The minimum Gasteiger partial charge on any atom is -0.399 e. The zero-order valence-electron chi connectivity index (χ0n) is 11.9. The third kappa shape index (κ3) is 3.86. The Hall–Kier alpha value is -1.79. The molecule has 2 rings (SSSR count). The fourth-order valence-corrected chi connectivity index (χ4v) is 2.64. The van der Waals surface area contributed by atoms with E-state index in [4.69, 9.17) is 17.3 Å². The third-order valence-corrected chi connectivity index (χ3v) is 3.76. The van der Waals surface area contributed by atoms with Crippen molar-refractivity contribution in [2.75, 3.05) is 30.7 Å². The lowest BCUT2D eigenvalue weighted by atomic mass is 10.1. The van der Waals surface area contributed by atoms with Crippen molar-refractivity contribution in [1.29, 1.82) is 0 Å². The summed E-state index contributed by atoms with van der Waals surface area (Å²) in [5.41, 5.74) is 6.67. The quantitative estimate of drug-likeness (QED) is 0.726. The van der Waals surface area contributed by atoms with E-state index < -0.39 is 0 Å². The number of hydrogen-bond acceptors (Lipinski definition) is 4. The van der Waals surface area contributed by atoms with E-state index in [0.29, 0.717) is 35.9 Å². The van der Waals surface area contributed by atoms with Crippen LogP contribution in [0.3, 0.4) is 0 Å². The number of carbonyl (C=O) groups excluding carboxylic acids is 2. The molecule has 7 heteroatoms. The van der Waals surface area contributed by atoms with E-state index in [1.165, 1.54) is 0 Å². The van der Waals surface area contributed by atoms with Crippen molar-refractivity contribution < 1.29 is 9.59 Å².